The van der Waals surface area contributed by atoms with Gasteiger partial charge in [0.2, 0.25) is 0 Å². The minimum atomic E-state index is -0.962. The molecule has 1 aliphatic rings. The fraction of sp³-hybridized carbons (Fsp3) is 0.263. The van der Waals surface area contributed by atoms with E-state index < -0.39 is 17.3 Å². The number of amidine groups is 1. The molecular weight excluding hydrogens is 415 g/mol. The second-order valence-electron chi connectivity index (χ2n) is 6.38. The van der Waals surface area contributed by atoms with Gasteiger partial charge < -0.3 is 21.5 Å². The molecule has 144 valence electrons. The molecule has 1 atom stereocenters. The maximum atomic E-state index is 14.4. The summed E-state index contributed by atoms with van der Waals surface area (Å²) in [6, 6.07) is 4.27. The molecule has 2 rings (SSSR count). The Morgan fingerprint density at radius 1 is 1.52 bits per heavy atom. The first-order valence-corrected chi connectivity index (χ1v) is 8.94. The molecule has 0 saturated carbocycles. The molecule has 1 unspecified atom stereocenters. The monoisotopic (exact) mass is 436 g/mol. The van der Waals surface area contributed by atoms with Gasteiger partial charge in [0, 0.05) is 27.5 Å². The summed E-state index contributed by atoms with van der Waals surface area (Å²) >= 11 is 3.24. The van der Waals surface area contributed by atoms with E-state index in [1.807, 2.05) is 0 Å². The van der Waals surface area contributed by atoms with Crippen LogP contribution >= 0.6 is 15.9 Å². The first-order valence-electron chi connectivity index (χ1n) is 8.14. The Morgan fingerprint density at radius 3 is 2.85 bits per heavy atom. The molecule has 0 bridgehead atoms. The van der Waals surface area contributed by atoms with Crippen molar-refractivity contribution in [3.63, 3.8) is 0 Å². The Labute approximate surface area is 166 Å². The van der Waals surface area contributed by atoms with Crippen molar-refractivity contribution in [1.29, 1.82) is 0 Å². The lowest BCUT2D eigenvalue weighted by atomic mass is 9.91. The highest BCUT2D eigenvalue weighted by Gasteiger charge is 2.33. The molecule has 0 spiro atoms. The average molecular weight is 437 g/mol. The van der Waals surface area contributed by atoms with Gasteiger partial charge >= 0.3 is 0 Å². The van der Waals surface area contributed by atoms with Gasteiger partial charge in [-0.25, -0.2) is 4.39 Å². The Morgan fingerprint density at radius 2 is 2.22 bits per heavy atom. The van der Waals surface area contributed by atoms with Crippen molar-refractivity contribution in [2.75, 3.05) is 18.5 Å². The molecule has 0 aromatic heterocycles. The molecule has 1 aliphatic heterocycles. The van der Waals surface area contributed by atoms with E-state index in [2.05, 4.69) is 32.8 Å². The van der Waals surface area contributed by atoms with Crippen LogP contribution in [0.2, 0.25) is 0 Å². The molecule has 8 heteroatoms. The number of carbonyl (C=O) groups excluding carboxylic acids is 1. The second kappa shape index (κ2) is 8.49. The summed E-state index contributed by atoms with van der Waals surface area (Å²) in [5.41, 5.74) is 11.8. The molecule has 6 nitrogen and oxygen atoms in total. The number of nitrogens with zero attached hydrogens (tertiary/aromatic N) is 1. The van der Waals surface area contributed by atoms with Crippen molar-refractivity contribution in [1.82, 2.24) is 0 Å². The van der Waals surface area contributed by atoms with E-state index in [4.69, 9.17) is 16.2 Å². The number of aliphatic imine (C=N–C) groups is 1. The van der Waals surface area contributed by atoms with E-state index in [0.717, 1.165) is 0 Å². The van der Waals surface area contributed by atoms with Crippen molar-refractivity contribution in [3.8, 4) is 0 Å². The highest BCUT2D eigenvalue weighted by atomic mass is 79.9. The number of anilines is 1. The third kappa shape index (κ3) is 5.05. The lowest BCUT2D eigenvalue weighted by Crippen LogP contribution is -2.38. The van der Waals surface area contributed by atoms with Crippen LogP contribution in [0.25, 0.3) is 0 Å². The van der Waals surface area contributed by atoms with Crippen LogP contribution in [0.5, 0.6) is 0 Å². The molecular formula is C19H22BrFN4O2. The molecule has 1 amide bonds. The summed E-state index contributed by atoms with van der Waals surface area (Å²) in [5.74, 6) is -0.568. The Bertz CT molecular complexity index is 863. The van der Waals surface area contributed by atoms with Crippen molar-refractivity contribution in [3.05, 3.63) is 64.1 Å². The number of allylic oxidation sites excluding steroid dienone is 2. The number of hydrogen-bond donors (Lipinski definition) is 3. The predicted molar refractivity (Wildman–Crippen MR) is 109 cm³/mol. The van der Waals surface area contributed by atoms with Crippen molar-refractivity contribution < 1.29 is 13.9 Å². The molecule has 0 radical (unpaired) electrons. The lowest BCUT2D eigenvalue weighted by molar-refractivity contribution is -0.112. The van der Waals surface area contributed by atoms with Gasteiger partial charge in [-0.05, 0) is 59.6 Å². The normalized spacial score (nSPS) is 20.8. The molecule has 1 aromatic rings. The first kappa shape index (κ1) is 20.9. The maximum absolute atomic E-state index is 14.4. The zero-order valence-electron chi connectivity index (χ0n) is 15.2. The van der Waals surface area contributed by atoms with Gasteiger partial charge in [0.05, 0.1) is 6.61 Å². The lowest BCUT2D eigenvalue weighted by Gasteiger charge is -2.30. The van der Waals surface area contributed by atoms with E-state index in [9.17, 15) is 9.18 Å². The van der Waals surface area contributed by atoms with E-state index in [0.29, 0.717) is 21.6 Å². The SMILES string of the molecule is C=C(C(=O)Nc1ccc(F)c(C2(C)COCC(N)=N2)c1)/C(C)=C\C(Br)=C/N. The van der Waals surface area contributed by atoms with Crippen LogP contribution in [-0.2, 0) is 15.1 Å². The standard InChI is InChI=1S/C19H22BrFN4O2/c1-11(6-13(20)8-22)12(2)18(26)24-14-4-5-16(21)15(7-14)19(3)10-27-9-17(23)25-19/h4-8H,2,9-10,22H2,1,3H3,(H2,23,25)(H,24,26)/b11-6-,13-8+. The average Bonchev–Trinajstić information content (AvgIpc) is 2.62. The quantitative estimate of drug-likeness (QED) is 0.487. The highest BCUT2D eigenvalue weighted by Crippen LogP contribution is 2.32. The smallest absolute Gasteiger partial charge is 0.255 e. The van der Waals surface area contributed by atoms with Gasteiger partial charge in [-0.15, -0.1) is 0 Å². The third-order valence-corrected chi connectivity index (χ3v) is 4.58. The van der Waals surface area contributed by atoms with Crippen LogP contribution in [0.15, 0.2) is 57.7 Å². The number of carbonyl (C=O) groups is 1. The van der Waals surface area contributed by atoms with Crippen LogP contribution in [0.4, 0.5) is 10.1 Å². The topological polar surface area (TPSA) is 103 Å². The number of ether oxygens (including phenoxy) is 1. The number of benzene rings is 1. The van der Waals surface area contributed by atoms with E-state index in [1.165, 1.54) is 24.4 Å². The fourth-order valence-electron chi connectivity index (χ4n) is 2.62. The van der Waals surface area contributed by atoms with Gasteiger partial charge in [0.1, 0.15) is 23.8 Å². The van der Waals surface area contributed by atoms with Gasteiger partial charge in [0.25, 0.3) is 5.91 Å². The number of rotatable bonds is 5. The number of nitrogens with one attached hydrogen (secondary N) is 1. The van der Waals surface area contributed by atoms with Crippen LogP contribution in [0.3, 0.4) is 0 Å². The third-order valence-electron chi connectivity index (χ3n) is 4.09. The van der Waals surface area contributed by atoms with Gasteiger partial charge in [-0.3, -0.25) is 9.79 Å². The summed E-state index contributed by atoms with van der Waals surface area (Å²) in [6.45, 7) is 7.66. The summed E-state index contributed by atoms with van der Waals surface area (Å²) in [4.78, 5) is 16.8. The Kier molecular flexibility index (Phi) is 6.56. The molecule has 0 saturated heterocycles. The minimum Gasteiger partial charge on any atom is -0.404 e. The molecule has 1 aromatic carbocycles. The van der Waals surface area contributed by atoms with Crippen LogP contribution in [-0.4, -0.2) is 25.0 Å². The van der Waals surface area contributed by atoms with Crippen LogP contribution < -0.4 is 16.8 Å². The first-order chi connectivity index (χ1) is 12.7. The number of halogens is 2. The Balaban J connectivity index is 2.26. The maximum Gasteiger partial charge on any atom is 0.255 e. The van der Waals surface area contributed by atoms with Crippen LogP contribution in [0, 0.1) is 5.82 Å². The largest absolute Gasteiger partial charge is 0.404 e. The van der Waals surface area contributed by atoms with Gasteiger partial charge in [0.15, 0.2) is 0 Å². The molecule has 1 heterocycles. The summed E-state index contributed by atoms with van der Waals surface area (Å²) in [7, 11) is 0. The predicted octanol–water partition coefficient (Wildman–Crippen LogP) is 3.06. The molecule has 27 heavy (non-hydrogen) atoms. The van der Waals surface area contributed by atoms with Crippen molar-refractivity contribution in [2.24, 2.45) is 16.5 Å². The molecule has 0 aliphatic carbocycles. The number of hydrogen-bond acceptors (Lipinski definition) is 5. The zero-order chi connectivity index (χ0) is 20.2. The highest BCUT2D eigenvalue weighted by molar-refractivity contribution is 9.11. The van der Waals surface area contributed by atoms with Crippen molar-refractivity contribution >= 4 is 33.4 Å². The van der Waals surface area contributed by atoms with E-state index >= 15 is 0 Å². The zero-order valence-corrected chi connectivity index (χ0v) is 16.8. The Hall–Kier alpha value is -2.45. The fourth-order valence-corrected chi connectivity index (χ4v) is 2.96. The van der Waals surface area contributed by atoms with Gasteiger partial charge in [-0.2, -0.15) is 0 Å². The second-order valence-corrected chi connectivity index (χ2v) is 7.29. The minimum absolute atomic E-state index is 0.191. The van der Waals surface area contributed by atoms with E-state index in [-0.39, 0.29) is 24.4 Å². The van der Waals surface area contributed by atoms with Gasteiger partial charge in [-0.1, -0.05) is 6.58 Å². The number of nitrogens with two attached hydrogens (primary N) is 2. The summed E-state index contributed by atoms with van der Waals surface area (Å²) < 4.78 is 20.4. The number of amides is 1. The van der Waals surface area contributed by atoms with Crippen LogP contribution in [0.1, 0.15) is 19.4 Å². The summed E-state index contributed by atoms with van der Waals surface area (Å²) in [6.07, 6.45) is 3.04. The summed E-state index contributed by atoms with van der Waals surface area (Å²) in [5, 5.41) is 2.72. The van der Waals surface area contributed by atoms with E-state index in [1.54, 1.807) is 19.9 Å². The molecule has 5 N–H and O–H groups in total. The van der Waals surface area contributed by atoms with Crippen molar-refractivity contribution in [2.45, 2.75) is 19.4 Å². The molecule has 0 fully saturated rings.